The number of ether oxygens (including phenoxy) is 2. The van der Waals surface area contributed by atoms with Crippen molar-refractivity contribution in [1.82, 2.24) is 19.7 Å². The van der Waals surface area contributed by atoms with Crippen LogP contribution < -0.4 is 0 Å². The Kier molecular flexibility index (Phi) is 5.45. The van der Waals surface area contributed by atoms with Gasteiger partial charge in [-0.2, -0.15) is 5.10 Å². The van der Waals surface area contributed by atoms with E-state index in [0.29, 0.717) is 5.92 Å². The highest BCUT2D eigenvalue weighted by molar-refractivity contribution is 7.09. The van der Waals surface area contributed by atoms with E-state index in [0.717, 1.165) is 64.6 Å². The third-order valence-electron chi connectivity index (χ3n) is 5.17. The maximum atomic E-state index is 6.09. The van der Waals surface area contributed by atoms with Crippen LogP contribution in [0, 0.1) is 12.8 Å². The summed E-state index contributed by atoms with van der Waals surface area (Å²) >= 11 is 1.75. The van der Waals surface area contributed by atoms with Gasteiger partial charge in [0.1, 0.15) is 0 Å². The van der Waals surface area contributed by atoms with Crippen molar-refractivity contribution >= 4 is 11.3 Å². The maximum absolute atomic E-state index is 6.09. The van der Waals surface area contributed by atoms with Crippen LogP contribution in [0.1, 0.15) is 35.1 Å². The Hall–Kier alpha value is -1.28. The Morgan fingerprint density at radius 1 is 1.32 bits per heavy atom. The number of aryl methyl sites for hydroxylation is 1. The van der Waals surface area contributed by atoms with Crippen LogP contribution in [0.4, 0.5) is 0 Å². The fourth-order valence-corrected chi connectivity index (χ4v) is 4.49. The highest BCUT2D eigenvalue weighted by Gasteiger charge is 2.26. The molecule has 2 aliphatic rings. The molecule has 2 aliphatic heterocycles. The smallest absolute Gasteiger partial charge is 0.0883 e. The lowest BCUT2D eigenvalue weighted by molar-refractivity contribution is 0.00339. The fourth-order valence-electron chi connectivity index (χ4n) is 3.67. The van der Waals surface area contributed by atoms with Gasteiger partial charge in [-0.25, -0.2) is 4.98 Å². The van der Waals surface area contributed by atoms with Gasteiger partial charge >= 0.3 is 0 Å². The van der Waals surface area contributed by atoms with Gasteiger partial charge in [-0.1, -0.05) is 0 Å². The topological polar surface area (TPSA) is 52.4 Å². The molecule has 2 aromatic heterocycles. The summed E-state index contributed by atoms with van der Waals surface area (Å²) in [6, 6.07) is 2.41. The van der Waals surface area contributed by atoms with Gasteiger partial charge in [0.2, 0.25) is 0 Å². The van der Waals surface area contributed by atoms with Crippen LogP contribution in [-0.4, -0.2) is 52.6 Å². The average Bonchev–Trinajstić information content (AvgIpc) is 3.25. The van der Waals surface area contributed by atoms with Crippen molar-refractivity contribution in [2.24, 2.45) is 5.92 Å². The predicted octanol–water partition coefficient (Wildman–Crippen LogP) is 2.65. The minimum atomic E-state index is 0.284. The first-order chi connectivity index (χ1) is 12.3. The molecule has 2 aromatic rings. The average molecular weight is 362 g/mol. The molecule has 1 atom stereocenters. The lowest BCUT2D eigenvalue weighted by atomic mass is 10.0. The van der Waals surface area contributed by atoms with Gasteiger partial charge in [0.15, 0.2) is 0 Å². The number of hydrogen-bond donors (Lipinski definition) is 0. The molecule has 0 bridgehead atoms. The number of thiazole rings is 1. The fraction of sp³-hybridized carbons (Fsp3) is 0.667. The first kappa shape index (κ1) is 17.1. The molecule has 0 amide bonds. The van der Waals surface area contributed by atoms with Gasteiger partial charge in [0.05, 0.1) is 29.5 Å². The molecule has 4 rings (SSSR count). The minimum Gasteiger partial charge on any atom is -0.381 e. The molecule has 25 heavy (non-hydrogen) atoms. The van der Waals surface area contributed by atoms with Gasteiger partial charge in [0, 0.05) is 50.5 Å². The number of nitrogens with zero attached hydrogens (tertiary/aromatic N) is 4. The molecule has 1 unspecified atom stereocenters. The van der Waals surface area contributed by atoms with Crippen LogP contribution in [0.3, 0.4) is 0 Å². The van der Waals surface area contributed by atoms with Crippen LogP contribution in [0.25, 0.3) is 0 Å². The first-order valence-electron chi connectivity index (χ1n) is 9.09. The Morgan fingerprint density at radius 2 is 2.20 bits per heavy atom. The molecule has 7 heteroatoms. The largest absolute Gasteiger partial charge is 0.381 e. The van der Waals surface area contributed by atoms with Crippen LogP contribution in [0.5, 0.6) is 0 Å². The zero-order valence-corrected chi connectivity index (χ0v) is 15.6. The summed E-state index contributed by atoms with van der Waals surface area (Å²) in [6.07, 6.45) is 4.14. The molecule has 136 valence electrons. The monoisotopic (exact) mass is 362 g/mol. The lowest BCUT2D eigenvalue weighted by Crippen LogP contribution is -2.39. The Morgan fingerprint density at radius 3 is 3.00 bits per heavy atom. The number of fused-ring (bicyclic) bond motifs is 1. The Balaban J connectivity index is 1.36. The third kappa shape index (κ3) is 4.11. The van der Waals surface area contributed by atoms with Gasteiger partial charge in [-0.15, -0.1) is 11.3 Å². The summed E-state index contributed by atoms with van der Waals surface area (Å²) in [5, 5.41) is 4.53. The molecule has 1 saturated heterocycles. The van der Waals surface area contributed by atoms with E-state index in [1.807, 2.05) is 11.7 Å². The summed E-state index contributed by atoms with van der Waals surface area (Å²) in [5.74, 6) is 0.644. The second-order valence-electron chi connectivity index (χ2n) is 7.04. The highest BCUT2D eigenvalue weighted by Crippen LogP contribution is 2.25. The number of rotatable bonds is 6. The van der Waals surface area contributed by atoms with Crippen molar-refractivity contribution in [3.05, 3.63) is 34.0 Å². The van der Waals surface area contributed by atoms with E-state index in [1.165, 1.54) is 10.6 Å². The van der Waals surface area contributed by atoms with Crippen LogP contribution in [-0.2, 0) is 22.6 Å². The van der Waals surface area contributed by atoms with Crippen LogP contribution >= 0.6 is 11.3 Å². The first-order valence-corrected chi connectivity index (χ1v) is 9.97. The SMILES string of the molecule is Cc1ncsc1CN1Cc2ccnn2C(COCC2CCOCC2)C1. The van der Waals surface area contributed by atoms with Crippen molar-refractivity contribution in [3.8, 4) is 0 Å². The quantitative estimate of drug-likeness (QED) is 0.791. The predicted molar refractivity (Wildman–Crippen MR) is 96.6 cm³/mol. The number of hydrogen-bond acceptors (Lipinski definition) is 6. The van der Waals surface area contributed by atoms with Gasteiger partial charge in [-0.05, 0) is 31.7 Å². The van der Waals surface area contributed by atoms with Gasteiger partial charge < -0.3 is 9.47 Å². The van der Waals surface area contributed by atoms with E-state index in [-0.39, 0.29) is 6.04 Å². The summed E-state index contributed by atoms with van der Waals surface area (Å²) in [5.41, 5.74) is 4.36. The van der Waals surface area contributed by atoms with E-state index in [1.54, 1.807) is 11.3 Å². The van der Waals surface area contributed by atoms with E-state index in [4.69, 9.17) is 9.47 Å². The van der Waals surface area contributed by atoms with Crippen molar-refractivity contribution in [1.29, 1.82) is 0 Å². The van der Waals surface area contributed by atoms with E-state index < -0.39 is 0 Å². The van der Waals surface area contributed by atoms with E-state index in [9.17, 15) is 0 Å². The van der Waals surface area contributed by atoms with Crippen molar-refractivity contribution in [2.75, 3.05) is 33.0 Å². The number of aromatic nitrogens is 3. The molecule has 0 aromatic carbocycles. The van der Waals surface area contributed by atoms with Gasteiger partial charge in [-0.3, -0.25) is 9.58 Å². The summed E-state index contributed by atoms with van der Waals surface area (Å²) in [7, 11) is 0. The molecule has 0 radical (unpaired) electrons. The molecule has 4 heterocycles. The Labute approximate surface area is 152 Å². The molecule has 0 spiro atoms. The molecule has 6 nitrogen and oxygen atoms in total. The van der Waals surface area contributed by atoms with Crippen molar-refractivity contribution in [3.63, 3.8) is 0 Å². The zero-order valence-electron chi connectivity index (χ0n) is 14.8. The van der Waals surface area contributed by atoms with E-state index >= 15 is 0 Å². The summed E-state index contributed by atoms with van der Waals surface area (Å²) in [6.45, 7) is 8.28. The Bertz CT molecular complexity index is 680. The molecule has 0 N–H and O–H groups in total. The van der Waals surface area contributed by atoms with Crippen LogP contribution in [0.15, 0.2) is 17.8 Å². The van der Waals surface area contributed by atoms with Gasteiger partial charge in [0.25, 0.3) is 0 Å². The van der Waals surface area contributed by atoms with Crippen molar-refractivity contribution in [2.45, 2.75) is 38.9 Å². The molecule has 1 fully saturated rings. The maximum Gasteiger partial charge on any atom is 0.0883 e. The zero-order chi connectivity index (χ0) is 17.1. The normalized spacial score (nSPS) is 22.2. The van der Waals surface area contributed by atoms with Crippen LogP contribution in [0.2, 0.25) is 0 Å². The minimum absolute atomic E-state index is 0.284. The second kappa shape index (κ2) is 7.95. The summed E-state index contributed by atoms with van der Waals surface area (Å²) in [4.78, 5) is 8.22. The summed E-state index contributed by atoms with van der Waals surface area (Å²) < 4.78 is 13.7. The molecule has 0 aliphatic carbocycles. The van der Waals surface area contributed by atoms with E-state index in [2.05, 4.69) is 32.7 Å². The standard InChI is InChI=1S/C18H26N4O2S/c1-14-18(25-13-19-14)10-21-8-16-2-5-20-22(16)17(9-21)12-24-11-15-3-6-23-7-4-15/h2,5,13,15,17H,3-4,6-12H2,1H3. The second-order valence-corrected chi connectivity index (χ2v) is 7.98. The molecular formula is C18H26N4O2S. The highest BCUT2D eigenvalue weighted by atomic mass is 32.1. The molecular weight excluding hydrogens is 336 g/mol. The lowest BCUT2D eigenvalue weighted by Gasteiger charge is -2.34. The van der Waals surface area contributed by atoms with Crippen molar-refractivity contribution < 1.29 is 9.47 Å². The molecule has 0 saturated carbocycles. The third-order valence-corrected chi connectivity index (χ3v) is 6.09.